The third-order valence-corrected chi connectivity index (χ3v) is 10.4. The van der Waals surface area contributed by atoms with Gasteiger partial charge >= 0.3 is 0 Å². The number of nitrogens with zero attached hydrogens (tertiary/aromatic N) is 3. The first-order valence-electron chi connectivity index (χ1n) is 17.1. The lowest BCUT2D eigenvalue weighted by Crippen LogP contribution is -2.27. The van der Waals surface area contributed by atoms with Crippen LogP contribution >= 0.6 is 0 Å². The summed E-state index contributed by atoms with van der Waals surface area (Å²) < 4.78 is 0. The van der Waals surface area contributed by atoms with Crippen molar-refractivity contribution < 1.29 is 0 Å². The molecule has 3 heteroatoms. The highest BCUT2D eigenvalue weighted by Gasteiger charge is 2.36. The fourth-order valence-corrected chi connectivity index (χ4v) is 7.95. The molecule has 47 heavy (non-hydrogen) atoms. The molecule has 0 saturated heterocycles. The maximum Gasteiger partial charge on any atom is 0.168 e. The zero-order valence-electron chi connectivity index (χ0n) is 26.9. The summed E-state index contributed by atoms with van der Waals surface area (Å²) in [4.78, 5) is 15.2. The van der Waals surface area contributed by atoms with Gasteiger partial charge in [-0.15, -0.1) is 0 Å². The molecule has 8 rings (SSSR count). The maximum atomic E-state index is 5.34. The molecule has 0 aliphatic heterocycles. The van der Waals surface area contributed by atoms with Crippen molar-refractivity contribution in [3.8, 4) is 22.6 Å². The SMILES string of the molecule is C[C@]12C=CC=CC1/C(c1cc(C3=CC4CCCCC4c4ccccc43)nc(-c3c#cc(-c4ccccn4)cc3)n1)=C\C/C=C\C=C/C2. The van der Waals surface area contributed by atoms with Crippen molar-refractivity contribution in [1.29, 1.82) is 0 Å². The van der Waals surface area contributed by atoms with Gasteiger partial charge < -0.3 is 0 Å². The van der Waals surface area contributed by atoms with Crippen LogP contribution in [0.15, 0.2) is 128 Å². The van der Waals surface area contributed by atoms with Crippen LogP contribution in [0, 0.1) is 29.4 Å². The van der Waals surface area contributed by atoms with Crippen molar-refractivity contribution in [2.45, 2.75) is 51.4 Å². The summed E-state index contributed by atoms with van der Waals surface area (Å²) in [6.07, 6.45) is 31.6. The number of pyridine rings is 1. The molecule has 2 aromatic heterocycles. The Morgan fingerprint density at radius 2 is 1.62 bits per heavy atom. The third kappa shape index (κ3) is 5.74. The van der Waals surface area contributed by atoms with E-state index in [1.807, 2.05) is 24.4 Å². The Hall–Kier alpha value is -5.07. The van der Waals surface area contributed by atoms with Crippen LogP contribution in [0.3, 0.4) is 0 Å². The number of hydrogen-bond donors (Lipinski definition) is 0. The summed E-state index contributed by atoms with van der Waals surface area (Å²) in [6, 6.07) is 28.1. The fraction of sp³-hybridized carbons (Fsp3) is 0.250. The van der Waals surface area contributed by atoms with Crippen molar-refractivity contribution >= 4 is 11.1 Å². The van der Waals surface area contributed by atoms with Crippen molar-refractivity contribution in [2.24, 2.45) is 17.3 Å². The van der Waals surface area contributed by atoms with Gasteiger partial charge in [-0.05, 0) is 90.0 Å². The minimum Gasteiger partial charge on any atom is -0.256 e. The lowest BCUT2D eigenvalue weighted by atomic mass is 9.67. The molecule has 4 aromatic rings. The molecule has 0 radical (unpaired) electrons. The Morgan fingerprint density at radius 1 is 0.787 bits per heavy atom. The molecular formula is C44H39N3. The second-order valence-corrected chi connectivity index (χ2v) is 13.5. The first kappa shape index (κ1) is 29.3. The number of benzene rings is 1. The molecule has 1 saturated carbocycles. The number of aromatic nitrogens is 3. The maximum absolute atomic E-state index is 5.34. The smallest absolute Gasteiger partial charge is 0.168 e. The number of fused-ring (bicyclic) bond motifs is 4. The zero-order valence-corrected chi connectivity index (χ0v) is 26.9. The molecule has 4 atom stereocenters. The van der Waals surface area contributed by atoms with Crippen LogP contribution in [0.4, 0.5) is 0 Å². The van der Waals surface area contributed by atoms with E-state index < -0.39 is 0 Å². The quantitative estimate of drug-likeness (QED) is 0.231. The summed E-state index contributed by atoms with van der Waals surface area (Å²) in [7, 11) is 0. The van der Waals surface area contributed by atoms with Gasteiger partial charge in [-0.1, -0.05) is 123 Å². The average molecular weight is 610 g/mol. The van der Waals surface area contributed by atoms with E-state index in [-0.39, 0.29) is 11.3 Å². The van der Waals surface area contributed by atoms with E-state index in [4.69, 9.17) is 9.97 Å². The van der Waals surface area contributed by atoms with E-state index in [9.17, 15) is 0 Å². The molecule has 4 aliphatic carbocycles. The summed E-state index contributed by atoms with van der Waals surface area (Å²) in [5, 5.41) is 0. The molecular weight excluding hydrogens is 571 g/mol. The van der Waals surface area contributed by atoms with Gasteiger partial charge in [0.15, 0.2) is 5.82 Å². The summed E-state index contributed by atoms with van der Waals surface area (Å²) >= 11 is 0. The van der Waals surface area contributed by atoms with E-state index in [0.717, 1.165) is 41.1 Å². The predicted octanol–water partition coefficient (Wildman–Crippen LogP) is 10.6. The Labute approximate surface area is 278 Å². The molecule has 230 valence electrons. The molecule has 2 heterocycles. The highest BCUT2D eigenvalue weighted by Crippen LogP contribution is 2.49. The molecule has 1 fully saturated rings. The standard InChI is InChI=1S/C44H39N3/c1-44-26-12-4-2-3-5-19-37(39(44)20-10-13-27-44)41-30-42(38-29-33-15-6-7-16-34(33)35-17-8-9-18-36(35)38)47-43(46-41)32-24-22-31(23-25-32)40-21-11-14-28-45-40/h2-4,8-14,17-22,24,27-30,33-34,39H,5-7,15-16,26H2,1H3/b3-2-,12-4-,37-19+/t33?,34?,39?,44-/m0/s1. The van der Waals surface area contributed by atoms with Crippen LogP contribution < -0.4 is 0 Å². The van der Waals surface area contributed by atoms with Crippen LogP contribution in [-0.2, 0) is 0 Å². The predicted molar refractivity (Wildman–Crippen MR) is 192 cm³/mol. The van der Waals surface area contributed by atoms with E-state index >= 15 is 0 Å². The number of allylic oxidation sites excluding steroid dienone is 11. The van der Waals surface area contributed by atoms with Crippen molar-refractivity contribution in [1.82, 2.24) is 15.0 Å². The van der Waals surface area contributed by atoms with E-state index in [0.29, 0.717) is 17.7 Å². The fourth-order valence-electron chi connectivity index (χ4n) is 7.95. The zero-order chi connectivity index (χ0) is 31.6. The Kier molecular flexibility index (Phi) is 7.87. The van der Waals surface area contributed by atoms with Crippen LogP contribution in [0.2, 0.25) is 0 Å². The third-order valence-electron chi connectivity index (χ3n) is 10.4. The summed E-state index contributed by atoms with van der Waals surface area (Å²) in [6.45, 7) is 2.37. The van der Waals surface area contributed by atoms with Gasteiger partial charge in [0.25, 0.3) is 0 Å². The lowest BCUT2D eigenvalue weighted by Gasteiger charge is -2.37. The van der Waals surface area contributed by atoms with Gasteiger partial charge in [-0.2, -0.15) is 0 Å². The largest absolute Gasteiger partial charge is 0.256 e. The topological polar surface area (TPSA) is 38.7 Å². The lowest BCUT2D eigenvalue weighted by molar-refractivity contribution is 0.359. The molecule has 2 aromatic carbocycles. The van der Waals surface area contributed by atoms with Crippen molar-refractivity contribution in [3.05, 3.63) is 162 Å². The second-order valence-electron chi connectivity index (χ2n) is 13.5. The molecule has 4 aliphatic rings. The van der Waals surface area contributed by atoms with Gasteiger partial charge in [0.1, 0.15) is 0 Å². The van der Waals surface area contributed by atoms with Crippen LogP contribution in [0.1, 0.15) is 73.9 Å². The minimum atomic E-state index is -0.0657. The highest BCUT2D eigenvalue weighted by molar-refractivity contribution is 5.84. The normalized spacial score (nSPS) is 27.1. The molecule has 3 nitrogen and oxygen atoms in total. The van der Waals surface area contributed by atoms with Gasteiger partial charge in [-0.25, -0.2) is 9.97 Å². The molecule has 0 spiro atoms. The Morgan fingerprint density at radius 3 is 2.51 bits per heavy atom. The average Bonchev–Trinajstić information content (AvgIpc) is 3.13. The van der Waals surface area contributed by atoms with Crippen LogP contribution in [0.5, 0.6) is 0 Å². The Balaban J connectivity index is 1.30. The Bertz CT molecular complexity index is 1960. The van der Waals surface area contributed by atoms with Gasteiger partial charge in [0.2, 0.25) is 0 Å². The van der Waals surface area contributed by atoms with Crippen LogP contribution in [-0.4, -0.2) is 15.0 Å². The second kappa shape index (κ2) is 12.6. The number of rotatable bonds is 4. The van der Waals surface area contributed by atoms with E-state index in [1.165, 1.54) is 48.0 Å². The van der Waals surface area contributed by atoms with Gasteiger partial charge in [0.05, 0.1) is 28.2 Å². The minimum absolute atomic E-state index is 0.0657. The van der Waals surface area contributed by atoms with Crippen LogP contribution in [0.25, 0.3) is 33.8 Å². The summed E-state index contributed by atoms with van der Waals surface area (Å²) in [5.74, 6) is 1.98. The van der Waals surface area contributed by atoms with Gasteiger partial charge in [0, 0.05) is 17.7 Å². The van der Waals surface area contributed by atoms with Crippen molar-refractivity contribution in [2.75, 3.05) is 0 Å². The highest BCUT2D eigenvalue weighted by atomic mass is 14.9. The van der Waals surface area contributed by atoms with Gasteiger partial charge in [-0.3, -0.25) is 4.98 Å². The summed E-state index contributed by atoms with van der Waals surface area (Å²) in [5.41, 5.74) is 9.76. The molecule has 0 amide bonds. The first-order valence-corrected chi connectivity index (χ1v) is 17.1. The number of hydrogen-bond acceptors (Lipinski definition) is 3. The van der Waals surface area contributed by atoms with Crippen molar-refractivity contribution in [3.63, 3.8) is 0 Å². The van der Waals surface area contributed by atoms with E-state index in [2.05, 4.69) is 127 Å². The first-order chi connectivity index (χ1) is 23.2. The molecule has 0 bridgehead atoms. The molecule has 3 unspecified atom stereocenters. The monoisotopic (exact) mass is 609 g/mol. The molecule has 0 N–H and O–H groups in total. The van der Waals surface area contributed by atoms with E-state index in [1.54, 1.807) is 0 Å².